The molecule has 4 rings (SSSR count). The molecule has 0 amide bonds. The Labute approximate surface area is 173 Å². The lowest BCUT2D eigenvalue weighted by Gasteiger charge is -2.20. The maximum atomic E-state index is 15.1. The second-order valence-corrected chi connectivity index (χ2v) is 7.24. The Morgan fingerprint density at radius 3 is 2.77 bits per heavy atom. The number of likely N-dealkylation sites (N-methyl/N-ethyl adjacent to an activating group) is 1. The average molecular weight is 411 g/mol. The van der Waals surface area contributed by atoms with Gasteiger partial charge in [0.1, 0.15) is 23.8 Å². The molecule has 0 aliphatic carbocycles. The Balaban J connectivity index is 1.71. The Kier molecular flexibility index (Phi) is 5.45. The molecule has 7 nitrogen and oxygen atoms in total. The van der Waals surface area contributed by atoms with Crippen molar-refractivity contribution in [3.8, 4) is 0 Å². The highest BCUT2D eigenvalue weighted by atomic mass is 19.1. The Morgan fingerprint density at radius 2 is 2.03 bits per heavy atom. The van der Waals surface area contributed by atoms with Gasteiger partial charge in [-0.15, -0.1) is 0 Å². The predicted octanol–water partition coefficient (Wildman–Crippen LogP) is 3.08. The van der Waals surface area contributed by atoms with Gasteiger partial charge in [-0.3, -0.25) is 4.99 Å². The molecule has 156 valence electrons. The van der Waals surface area contributed by atoms with Crippen LogP contribution in [0.25, 0.3) is 10.9 Å². The minimum atomic E-state index is -0.593. The van der Waals surface area contributed by atoms with E-state index in [1.165, 1.54) is 24.7 Å². The van der Waals surface area contributed by atoms with Crippen LogP contribution >= 0.6 is 0 Å². The van der Waals surface area contributed by atoms with Crippen LogP contribution in [0.4, 0.5) is 31.7 Å². The number of halogens is 2. The number of hydrogen-bond acceptors (Lipinski definition) is 7. The fourth-order valence-corrected chi connectivity index (χ4v) is 3.73. The molecule has 2 aromatic carbocycles. The summed E-state index contributed by atoms with van der Waals surface area (Å²) in [6.45, 7) is 1.66. The highest BCUT2D eigenvalue weighted by Crippen LogP contribution is 2.32. The van der Waals surface area contributed by atoms with E-state index >= 15 is 4.39 Å². The van der Waals surface area contributed by atoms with Crippen LogP contribution in [0.1, 0.15) is 12.0 Å². The largest absolute Gasteiger partial charge is 0.396 e. The number of hydrogen-bond donors (Lipinski definition) is 3. The first-order valence-corrected chi connectivity index (χ1v) is 9.64. The molecule has 0 unspecified atom stereocenters. The fourth-order valence-electron chi connectivity index (χ4n) is 3.73. The van der Waals surface area contributed by atoms with Crippen molar-refractivity contribution in [2.45, 2.75) is 12.5 Å². The molecule has 0 spiro atoms. The van der Waals surface area contributed by atoms with Crippen LogP contribution < -0.4 is 21.3 Å². The minimum absolute atomic E-state index is 0.00000403. The molecular formula is C21H23F2N7. The molecular weight excluding hydrogens is 388 g/mol. The zero-order valence-electron chi connectivity index (χ0n) is 16.8. The van der Waals surface area contributed by atoms with Crippen molar-refractivity contribution in [3.05, 3.63) is 47.8 Å². The van der Waals surface area contributed by atoms with Gasteiger partial charge >= 0.3 is 0 Å². The fraction of sp³-hybridized carbons (Fsp3) is 0.286. The smallest absolute Gasteiger partial charge is 0.148 e. The summed E-state index contributed by atoms with van der Waals surface area (Å²) < 4.78 is 29.3. The number of nitrogens with zero attached hydrogens (tertiary/aromatic N) is 4. The summed E-state index contributed by atoms with van der Waals surface area (Å²) in [6, 6.07) is 6.60. The Hall–Kier alpha value is -3.33. The maximum Gasteiger partial charge on any atom is 0.148 e. The summed E-state index contributed by atoms with van der Waals surface area (Å²) in [4.78, 5) is 14.4. The van der Waals surface area contributed by atoms with Crippen LogP contribution in [0.3, 0.4) is 0 Å². The van der Waals surface area contributed by atoms with Gasteiger partial charge in [-0.1, -0.05) is 0 Å². The van der Waals surface area contributed by atoms with Gasteiger partial charge in [0.05, 0.1) is 16.6 Å². The molecule has 1 aliphatic heterocycles. The molecule has 1 saturated heterocycles. The summed E-state index contributed by atoms with van der Waals surface area (Å²) in [5, 5.41) is 6.49. The number of nitrogens with two attached hydrogens (primary N) is 1. The van der Waals surface area contributed by atoms with E-state index in [2.05, 4.69) is 30.5 Å². The molecule has 1 fully saturated rings. The Morgan fingerprint density at radius 1 is 1.20 bits per heavy atom. The van der Waals surface area contributed by atoms with E-state index in [0.717, 1.165) is 25.2 Å². The van der Waals surface area contributed by atoms with E-state index in [0.29, 0.717) is 22.8 Å². The second-order valence-electron chi connectivity index (χ2n) is 7.24. The third-order valence-electron chi connectivity index (χ3n) is 5.33. The maximum absolute atomic E-state index is 15.1. The van der Waals surface area contributed by atoms with Crippen molar-refractivity contribution in [1.82, 2.24) is 15.3 Å². The summed E-state index contributed by atoms with van der Waals surface area (Å²) in [6.07, 6.45) is 3.82. The summed E-state index contributed by atoms with van der Waals surface area (Å²) in [7, 11) is 3.50. The number of aliphatic imine (C=N–C) groups is 1. The van der Waals surface area contributed by atoms with Crippen molar-refractivity contribution in [2.75, 3.05) is 43.1 Å². The Bertz CT molecular complexity index is 1120. The molecule has 1 aromatic heterocycles. The average Bonchev–Trinajstić information content (AvgIpc) is 3.21. The molecule has 0 bridgehead atoms. The molecule has 1 aliphatic rings. The molecule has 9 heteroatoms. The van der Waals surface area contributed by atoms with Crippen molar-refractivity contribution < 1.29 is 8.78 Å². The van der Waals surface area contributed by atoms with Gasteiger partial charge in [-0.05, 0) is 37.7 Å². The number of nitrogens with one attached hydrogen (secondary N) is 2. The van der Waals surface area contributed by atoms with Gasteiger partial charge in [0, 0.05) is 49.3 Å². The minimum Gasteiger partial charge on any atom is -0.396 e. The van der Waals surface area contributed by atoms with Gasteiger partial charge < -0.3 is 21.3 Å². The van der Waals surface area contributed by atoms with Crippen LogP contribution in [-0.4, -0.2) is 49.4 Å². The number of rotatable bonds is 5. The molecule has 30 heavy (non-hydrogen) atoms. The van der Waals surface area contributed by atoms with E-state index in [-0.39, 0.29) is 16.9 Å². The van der Waals surface area contributed by atoms with Crippen LogP contribution in [0.2, 0.25) is 0 Å². The summed E-state index contributed by atoms with van der Waals surface area (Å²) in [5.41, 5.74) is 7.82. The van der Waals surface area contributed by atoms with E-state index in [9.17, 15) is 4.39 Å². The number of benzene rings is 2. The highest BCUT2D eigenvalue weighted by Gasteiger charge is 2.23. The summed E-state index contributed by atoms with van der Waals surface area (Å²) in [5.74, 6) is -0.781. The van der Waals surface area contributed by atoms with Crippen LogP contribution in [-0.2, 0) is 0 Å². The molecule has 1 atom stereocenters. The zero-order valence-corrected chi connectivity index (χ0v) is 16.8. The van der Waals surface area contributed by atoms with Crippen molar-refractivity contribution in [1.29, 1.82) is 0 Å². The van der Waals surface area contributed by atoms with Crippen LogP contribution in [0, 0.1) is 11.6 Å². The third-order valence-corrected chi connectivity index (χ3v) is 5.33. The van der Waals surface area contributed by atoms with Gasteiger partial charge in [-0.25, -0.2) is 18.7 Å². The quantitative estimate of drug-likeness (QED) is 0.442. The number of nitrogen functional groups attached to an aromatic ring is 1. The topological polar surface area (TPSA) is 91.5 Å². The van der Waals surface area contributed by atoms with Crippen molar-refractivity contribution in [2.24, 2.45) is 4.99 Å². The normalized spacial score (nSPS) is 16.7. The van der Waals surface area contributed by atoms with Crippen LogP contribution in [0.15, 0.2) is 35.6 Å². The third kappa shape index (κ3) is 3.76. The lowest BCUT2D eigenvalue weighted by atomic mass is 10.1. The van der Waals surface area contributed by atoms with E-state index < -0.39 is 11.6 Å². The van der Waals surface area contributed by atoms with Crippen molar-refractivity contribution >= 4 is 40.0 Å². The molecule has 0 saturated carbocycles. The van der Waals surface area contributed by atoms with Gasteiger partial charge in [0.15, 0.2) is 0 Å². The molecule has 4 N–H and O–H groups in total. The van der Waals surface area contributed by atoms with Gasteiger partial charge in [-0.2, -0.15) is 0 Å². The SMILES string of the molecule is CN=Cc1cc(Nc2ncnc3cc(N4CC[C@H](NC)C4)cc(F)c23)cc(F)c1N. The monoisotopic (exact) mass is 411 g/mol. The number of anilines is 4. The molecule has 2 heterocycles. The standard InChI is InChI=1S/C21H23F2N7/c1-25-9-12-5-14(6-17(23)20(12)24)29-21-19-16(22)7-15(8-18(19)27-11-28-21)30-4-3-13(10-30)26-2/h5-9,11,13,26H,3-4,10,24H2,1-2H3,(H,27,28,29)/t13-/m0/s1. The lowest BCUT2D eigenvalue weighted by molar-refractivity contribution is 0.616. The number of aromatic nitrogens is 2. The number of fused-ring (bicyclic) bond motifs is 1. The predicted molar refractivity (Wildman–Crippen MR) is 117 cm³/mol. The van der Waals surface area contributed by atoms with E-state index in [4.69, 9.17) is 5.73 Å². The van der Waals surface area contributed by atoms with E-state index in [1.807, 2.05) is 13.1 Å². The lowest BCUT2D eigenvalue weighted by Crippen LogP contribution is -2.29. The van der Waals surface area contributed by atoms with Gasteiger partial charge in [0.2, 0.25) is 0 Å². The first-order chi connectivity index (χ1) is 14.5. The van der Waals surface area contributed by atoms with Crippen LogP contribution in [0.5, 0.6) is 0 Å². The summed E-state index contributed by atoms with van der Waals surface area (Å²) >= 11 is 0. The zero-order chi connectivity index (χ0) is 21.3. The highest BCUT2D eigenvalue weighted by molar-refractivity contribution is 5.94. The van der Waals surface area contributed by atoms with Crippen molar-refractivity contribution in [3.63, 3.8) is 0 Å². The molecule has 0 radical (unpaired) electrons. The van der Waals surface area contributed by atoms with Gasteiger partial charge in [0.25, 0.3) is 0 Å². The second kappa shape index (κ2) is 8.19. The first kappa shape index (κ1) is 20.0. The molecule has 3 aromatic rings. The van der Waals surface area contributed by atoms with E-state index in [1.54, 1.807) is 13.1 Å². The first-order valence-electron chi connectivity index (χ1n) is 9.64.